The molecule has 0 aromatic carbocycles. The predicted molar refractivity (Wildman–Crippen MR) is 58.7 cm³/mol. The van der Waals surface area contributed by atoms with Crippen LogP contribution in [0.2, 0.25) is 13.6 Å². The summed E-state index contributed by atoms with van der Waals surface area (Å²) in [6.07, 6.45) is 4.40. The fourth-order valence-corrected chi connectivity index (χ4v) is 1.11. The first kappa shape index (κ1) is 10.0. The van der Waals surface area contributed by atoms with Crippen LogP contribution >= 0.6 is 0 Å². The molecule has 0 unspecified atom stereocenters. The van der Waals surface area contributed by atoms with Gasteiger partial charge in [-0.15, -0.1) is 0 Å². The lowest BCUT2D eigenvalue weighted by Gasteiger charge is -2.03. The van der Waals surface area contributed by atoms with E-state index < -0.39 is 0 Å². The van der Waals surface area contributed by atoms with Crippen molar-refractivity contribution in [2.45, 2.75) is 20.0 Å². The molecule has 1 aromatic heterocycles. The molecule has 0 N–H and O–H groups in total. The number of hydrogen-bond acceptors (Lipinski definition) is 2. The van der Waals surface area contributed by atoms with Crippen LogP contribution in [0.25, 0.3) is 6.08 Å². The fraction of sp³-hybridized carbons (Fsp3) is 0.333. The van der Waals surface area contributed by atoms with Crippen molar-refractivity contribution >= 4 is 26.2 Å². The summed E-state index contributed by atoms with van der Waals surface area (Å²) in [6.45, 7) is 7.67. The van der Waals surface area contributed by atoms with Gasteiger partial charge in [0.2, 0.25) is 0 Å². The maximum atomic E-state index is 4.38. The van der Waals surface area contributed by atoms with Crippen LogP contribution in [-0.4, -0.2) is 24.5 Å². The second-order valence-corrected chi connectivity index (χ2v) is 2.73. The zero-order valence-corrected chi connectivity index (χ0v) is 8.12. The summed E-state index contributed by atoms with van der Waals surface area (Å²) in [7, 11) is 4.01. The summed E-state index contributed by atoms with van der Waals surface area (Å²) in [4.78, 5) is 8.60. The summed E-state index contributed by atoms with van der Waals surface area (Å²) in [5.41, 5.74) is 1.95. The molecule has 13 heavy (non-hydrogen) atoms. The summed E-state index contributed by atoms with van der Waals surface area (Å²) >= 11 is 0. The molecule has 0 aliphatic heterocycles. The second kappa shape index (κ2) is 4.85. The Bertz CT molecular complexity index is 300. The highest BCUT2D eigenvalue weighted by molar-refractivity contribution is 6.51. The molecule has 0 saturated heterocycles. The van der Waals surface area contributed by atoms with Gasteiger partial charge in [0.25, 0.3) is 0 Å². The van der Waals surface area contributed by atoms with Gasteiger partial charge in [0.15, 0.2) is 7.28 Å². The lowest BCUT2D eigenvalue weighted by atomic mass is 9.74. The van der Waals surface area contributed by atoms with E-state index in [2.05, 4.69) is 16.5 Å². The highest BCUT2D eigenvalue weighted by atomic mass is 14.9. The molecule has 1 heterocycles. The fourth-order valence-electron chi connectivity index (χ4n) is 1.11. The number of hydrogen-bond donors (Lipinski definition) is 0. The summed E-state index contributed by atoms with van der Waals surface area (Å²) in [5, 5.41) is 0. The van der Waals surface area contributed by atoms with Gasteiger partial charge in [0.05, 0.1) is 0 Å². The van der Waals surface area contributed by atoms with E-state index in [4.69, 9.17) is 0 Å². The van der Waals surface area contributed by atoms with Crippen molar-refractivity contribution in [2.75, 3.05) is 0 Å². The van der Waals surface area contributed by atoms with Gasteiger partial charge in [-0.05, 0) is 6.32 Å². The van der Waals surface area contributed by atoms with E-state index in [1.807, 2.05) is 34.4 Å². The van der Waals surface area contributed by atoms with Crippen LogP contribution in [0.1, 0.15) is 11.4 Å². The monoisotopic (exact) mass is 170 g/mol. The van der Waals surface area contributed by atoms with Crippen molar-refractivity contribution in [3.8, 4) is 0 Å². The van der Waals surface area contributed by atoms with E-state index in [1.165, 1.54) is 0 Å². The first-order chi connectivity index (χ1) is 6.31. The molecule has 0 saturated carbocycles. The molecule has 2 radical (unpaired) electrons. The first-order valence-electron chi connectivity index (χ1n) is 4.37. The first-order valence-corrected chi connectivity index (χ1v) is 4.37. The lowest BCUT2D eigenvalue weighted by Crippen LogP contribution is -2.22. The minimum atomic E-state index is 0.818. The van der Waals surface area contributed by atoms with Crippen molar-refractivity contribution in [1.29, 1.82) is 0 Å². The van der Waals surface area contributed by atoms with Crippen molar-refractivity contribution < 1.29 is 0 Å². The van der Waals surface area contributed by atoms with Crippen LogP contribution in [0.4, 0.5) is 0 Å². The Morgan fingerprint density at radius 3 is 2.85 bits per heavy atom. The molecule has 0 amide bonds. The summed E-state index contributed by atoms with van der Waals surface area (Å²) in [6, 6.07) is 0. The molecular formula is C9H12B2N2. The molecule has 1 rings (SSSR count). The lowest BCUT2D eigenvalue weighted by molar-refractivity contribution is 1.04. The smallest absolute Gasteiger partial charge is 0.175 e. The van der Waals surface area contributed by atoms with Crippen LogP contribution < -0.4 is 5.59 Å². The molecule has 0 fully saturated rings. The van der Waals surface area contributed by atoms with Gasteiger partial charge >= 0.3 is 0 Å². The quantitative estimate of drug-likeness (QED) is 0.622. The van der Waals surface area contributed by atoms with E-state index >= 15 is 0 Å². The van der Waals surface area contributed by atoms with Gasteiger partial charge in [-0.1, -0.05) is 26.3 Å². The van der Waals surface area contributed by atoms with E-state index in [1.54, 1.807) is 6.08 Å². The van der Waals surface area contributed by atoms with E-state index in [0.29, 0.717) is 0 Å². The molecule has 0 atom stereocenters. The molecular weight excluding hydrogens is 158 g/mol. The average Bonchev–Trinajstić information content (AvgIpc) is 2.18. The molecule has 0 aliphatic carbocycles. The molecule has 0 aliphatic rings. The number of aromatic nitrogens is 2. The van der Waals surface area contributed by atoms with Crippen LogP contribution in [0.5, 0.6) is 0 Å². The van der Waals surface area contributed by atoms with Crippen LogP contribution in [0.3, 0.4) is 0 Å². The van der Waals surface area contributed by atoms with Crippen molar-refractivity contribution in [3.05, 3.63) is 24.2 Å². The minimum absolute atomic E-state index is 0.818. The second-order valence-electron chi connectivity index (χ2n) is 2.73. The maximum absolute atomic E-state index is 4.38. The molecule has 4 heteroatoms. The Kier molecular flexibility index (Phi) is 3.74. The molecule has 2 nitrogen and oxygen atoms in total. The van der Waals surface area contributed by atoms with Crippen molar-refractivity contribution in [3.63, 3.8) is 0 Å². The Morgan fingerprint density at radius 1 is 1.54 bits per heavy atom. The highest BCUT2D eigenvalue weighted by Crippen LogP contribution is 1.95. The van der Waals surface area contributed by atoms with Crippen molar-refractivity contribution in [2.24, 2.45) is 0 Å². The standard InChI is InChI=1S/C9H12B2N2/c1-4-7-6-12-8(5-10-2)13-9(7)11-3/h4,6H,1,5H2,2-3H3. The van der Waals surface area contributed by atoms with Crippen LogP contribution in [0.15, 0.2) is 12.8 Å². The Morgan fingerprint density at radius 2 is 2.31 bits per heavy atom. The highest BCUT2D eigenvalue weighted by Gasteiger charge is 2.02. The Balaban J connectivity index is 2.98. The summed E-state index contributed by atoms with van der Waals surface area (Å²) < 4.78 is 0. The van der Waals surface area contributed by atoms with Gasteiger partial charge in [0, 0.05) is 17.4 Å². The van der Waals surface area contributed by atoms with Crippen LogP contribution in [-0.2, 0) is 6.32 Å². The molecule has 0 bridgehead atoms. The average molecular weight is 170 g/mol. The van der Waals surface area contributed by atoms with E-state index in [9.17, 15) is 0 Å². The minimum Gasteiger partial charge on any atom is -0.249 e. The zero-order valence-electron chi connectivity index (χ0n) is 8.12. The normalized spacial score (nSPS) is 9.38. The van der Waals surface area contributed by atoms with Crippen molar-refractivity contribution in [1.82, 2.24) is 9.97 Å². The zero-order chi connectivity index (χ0) is 9.68. The third kappa shape index (κ3) is 2.44. The van der Waals surface area contributed by atoms with E-state index in [-0.39, 0.29) is 0 Å². The maximum Gasteiger partial charge on any atom is 0.175 e. The number of nitrogens with zero attached hydrogens (tertiary/aromatic N) is 2. The number of rotatable bonds is 4. The predicted octanol–water partition coefficient (Wildman–Crippen LogP) is 0.749. The van der Waals surface area contributed by atoms with Gasteiger partial charge in [-0.2, -0.15) is 0 Å². The topological polar surface area (TPSA) is 25.8 Å². The summed E-state index contributed by atoms with van der Waals surface area (Å²) in [5.74, 6) is 0.862. The van der Waals surface area contributed by atoms with Gasteiger partial charge in [-0.25, -0.2) is 9.97 Å². The van der Waals surface area contributed by atoms with Gasteiger partial charge in [-0.3, -0.25) is 0 Å². The molecule has 1 aromatic rings. The molecule has 0 spiro atoms. The van der Waals surface area contributed by atoms with Gasteiger partial charge in [0.1, 0.15) is 13.1 Å². The Labute approximate surface area is 81.0 Å². The largest absolute Gasteiger partial charge is 0.249 e. The SMILES string of the molecule is C=Cc1cnc(C[B]C)nc1[B]C. The van der Waals surface area contributed by atoms with Gasteiger partial charge < -0.3 is 0 Å². The van der Waals surface area contributed by atoms with E-state index in [0.717, 1.165) is 23.3 Å². The van der Waals surface area contributed by atoms with Crippen LogP contribution in [0, 0.1) is 0 Å². The third-order valence-electron chi connectivity index (χ3n) is 1.78. The third-order valence-corrected chi connectivity index (χ3v) is 1.78. The Hall–Kier alpha value is -1.05. The molecule has 64 valence electrons.